The van der Waals surface area contributed by atoms with E-state index in [-0.39, 0.29) is 5.41 Å². The zero-order valence-corrected chi connectivity index (χ0v) is 12.7. The average molecular weight is 286 g/mol. The van der Waals surface area contributed by atoms with Crippen LogP contribution in [0.1, 0.15) is 18.4 Å². The number of ether oxygens (including phenoxy) is 1. The third-order valence-electron chi connectivity index (χ3n) is 4.26. The van der Waals surface area contributed by atoms with Crippen molar-refractivity contribution in [2.24, 2.45) is 7.05 Å². The van der Waals surface area contributed by atoms with E-state index >= 15 is 0 Å². The normalized spacial score (nSPS) is 16.1. The lowest BCUT2D eigenvalue weighted by Crippen LogP contribution is -2.29. The van der Waals surface area contributed by atoms with Gasteiger partial charge in [0.2, 0.25) is 0 Å². The Bertz CT molecular complexity index is 604. The molecule has 3 rings (SSSR count). The van der Waals surface area contributed by atoms with Gasteiger partial charge < -0.3 is 10.1 Å². The third kappa shape index (κ3) is 2.99. The van der Waals surface area contributed by atoms with Crippen molar-refractivity contribution in [3.8, 4) is 11.4 Å². The molecule has 2 aromatic rings. The van der Waals surface area contributed by atoms with Gasteiger partial charge in [0.1, 0.15) is 0 Å². The Morgan fingerprint density at radius 1 is 1.33 bits per heavy atom. The molecule has 0 radical (unpaired) electrons. The highest BCUT2D eigenvalue weighted by molar-refractivity contribution is 5.56. The Balaban J connectivity index is 1.75. The van der Waals surface area contributed by atoms with Crippen molar-refractivity contribution in [2.75, 3.05) is 26.8 Å². The number of aromatic nitrogens is 3. The summed E-state index contributed by atoms with van der Waals surface area (Å²) in [6.45, 7) is 2.66. The van der Waals surface area contributed by atoms with Gasteiger partial charge in [0.25, 0.3) is 0 Å². The number of nitrogens with one attached hydrogen (secondary N) is 1. The molecule has 5 heteroatoms. The molecule has 1 fully saturated rings. The van der Waals surface area contributed by atoms with E-state index in [9.17, 15) is 0 Å². The standard InChI is InChI=1S/C16H22N4O/c1-20-15(4-8-19-20)14-11-13(3-7-18-14)16(5-6-16)12-17-9-10-21-2/h3-4,7-8,11,17H,5-6,9-10,12H2,1-2H3. The number of hydrogen-bond acceptors (Lipinski definition) is 4. The number of pyridine rings is 1. The predicted molar refractivity (Wildman–Crippen MR) is 82.1 cm³/mol. The lowest BCUT2D eigenvalue weighted by Gasteiger charge is -2.17. The molecule has 112 valence electrons. The first-order chi connectivity index (χ1) is 10.2. The molecule has 1 N–H and O–H groups in total. The topological polar surface area (TPSA) is 52.0 Å². The Morgan fingerprint density at radius 3 is 2.86 bits per heavy atom. The van der Waals surface area contributed by atoms with Gasteiger partial charge in [-0.05, 0) is 36.6 Å². The molecule has 0 aliphatic heterocycles. The number of rotatable bonds is 7. The molecule has 1 aliphatic rings. The molecule has 0 aromatic carbocycles. The van der Waals surface area contributed by atoms with Crippen LogP contribution in [0.15, 0.2) is 30.6 Å². The second kappa shape index (κ2) is 5.95. The minimum absolute atomic E-state index is 0.282. The summed E-state index contributed by atoms with van der Waals surface area (Å²) in [6, 6.07) is 6.36. The average Bonchev–Trinajstić information content (AvgIpc) is 3.18. The van der Waals surface area contributed by atoms with Gasteiger partial charge in [-0.25, -0.2) is 0 Å². The SMILES string of the molecule is COCCNCC1(c2ccnc(-c3ccnn3C)c2)CC1. The maximum atomic E-state index is 5.08. The monoisotopic (exact) mass is 286 g/mol. The maximum absolute atomic E-state index is 5.08. The zero-order chi connectivity index (χ0) is 14.7. The summed E-state index contributed by atoms with van der Waals surface area (Å²) in [5.74, 6) is 0. The van der Waals surface area contributed by atoms with Gasteiger partial charge in [0.05, 0.1) is 18.0 Å². The van der Waals surface area contributed by atoms with Crippen LogP contribution in [0.25, 0.3) is 11.4 Å². The summed E-state index contributed by atoms with van der Waals surface area (Å²) in [5, 5.41) is 7.71. The number of aryl methyl sites for hydroxylation is 1. The van der Waals surface area contributed by atoms with Crippen LogP contribution in [0.3, 0.4) is 0 Å². The van der Waals surface area contributed by atoms with Gasteiger partial charge in [-0.2, -0.15) is 5.10 Å². The zero-order valence-electron chi connectivity index (χ0n) is 12.7. The van der Waals surface area contributed by atoms with E-state index in [1.54, 1.807) is 7.11 Å². The van der Waals surface area contributed by atoms with E-state index in [1.165, 1.54) is 18.4 Å². The molecule has 1 saturated carbocycles. The molecule has 1 aliphatic carbocycles. The highest BCUT2D eigenvalue weighted by atomic mass is 16.5. The summed E-state index contributed by atoms with van der Waals surface area (Å²) in [4.78, 5) is 4.49. The Hall–Kier alpha value is -1.72. The van der Waals surface area contributed by atoms with Gasteiger partial charge in [-0.3, -0.25) is 9.67 Å². The van der Waals surface area contributed by atoms with E-state index in [1.807, 2.05) is 30.2 Å². The van der Waals surface area contributed by atoms with Gasteiger partial charge >= 0.3 is 0 Å². The van der Waals surface area contributed by atoms with Crippen LogP contribution in [-0.4, -0.2) is 41.6 Å². The Kier molecular flexibility index (Phi) is 4.03. The lowest BCUT2D eigenvalue weighted by atomic mass is 9.95. The second-order valence-corrected chi connectivity index (χ2v) is 5.72. The molecule has 0 unspecified atom stereocenters. The number of hydrogen-bond donors (Lipinski definition) is 1. The van der Waals surface area contributed by atoms with Gasteiger partial charge in [0, 0.05) is 45.1 Å². The summed E-state index contributed by atoms with van der Waals surface area (Å²) in [7, 11) is 3.68. The first kappa shape index (κ1) is 14.2. The van der Waals surface area contributed by atoms with Gasteiger partial charge in [-0.1, -0.05) is 0 Å². The van der Waals surface area contributed by atoms with E-state index in [0.29, 0.717) is 0 Å². The van der Waals surface area contributed by atoms with Crippen LogP contribution < -0.4 is 5.32 Å². The summed E-state index contributed by atoms with van der Waals surface area (Å²) in [6.07, 6.45) is 6.19. The second-order valence-electron chi connectivity index (χ2n) is 5.72. The van der Waals surface area contributed by atoms with Crippen LogP contribution in [0.4, 0.5) is 0 Å². The molecule has 21 heavy (non-hydrogen) atoms. The molecule has 0 bridgehead atoms. The van der Waals surface area contributed by atoms with E-state index in [0.717, 1.165) is 31.1 Å². The molecule has 0 saturated heterocycles. The van der Waals surface area contributed by atoms with Crippen molar-refractivity contribution in [3.63, 3.8) is 0 Å². The molecule has 2 heterocycles. The van der Waals surface area contributed by atoms with Crippen LogP contribution in [0, 0.1) is 0 Å². The van der Waals surface area contributed by atoms with Crippen LogP contribution in [-0.2, 0) is 17.2 Å². The quantitative estimate of drug-likeness (QED) is 0.788. The maximum Gasteiger partial charge on any atom is 0.0885 e. The molecular weight excluding hydrogens is 264 g/mol. The minimum Gasteiger partial charge on any atom is -0.383 e. The summed E-state index contributed by atoms with van der Waals surface area (Å²) >= 11 is 0. The molecular formula is C16H22N4O. The fourth-order valence-corrected chi connectivity index (χ4v) is 2.75. The van der Waals surface area contributed by atoms with Crippen molar-refractivity contribution in [3.05, 3.63) is 36.2 Å². The van der Waals surface area contributed by atoms with Crippen LogP contribution in [0.2, 0.25) is 0 Å². The summed E-state index contributed by atoms with van der Waals surface area (Å²) < 4.78 is 6.95. The molecule has 0 amide bonds. The fraction of sp³-hybridized carbons (Fsp3) is 0.500. The van der Waals surface area contributed by atoms with E-state index in [2.05, 4.69) is 27.5 Å². The third-order valence-corrected chi connectivity index (χ3v) is 4.26. The van der Waals surface area contributed by atoms with E-state index in [4.69, 9.17) is 4.74 Å². The minimum atomic E-state index is 0.282. The lowest BCUT2D eigenvalue weighted by molar-refractivity contribution is 0.198. The number of nitrogens with zero attached hydrogens (tertiary/aromatic N) is 3. The molecule has 0 spiro atoms. The van der Waals surface area contributed by atoms with Crippen molar-refractivity contribution in [2.45, 2.75) is 18.3 Å². The first-order valence-corrected chi connectivity index (χ1v) is 7.40. The van der Waals surface area contributed by atoms with Gasteiger partial charge in [0.15, 0.2) is 0 Å². The molecule has 2 aromatic heterocycles. The largest absolute Gasteiger partial charge is 0.383 e. The predicted octanol–water partition coefficient (Wildman–Crippen LogP) is 1.75. The molecule has 0 atom stereocenters. The van der Waals surface area contributed by atoms with Crippen LogP contribution >= 0.6 is 0 Å². The number of methoxy groups -OCH3 is 1. The highest BCUT2D eigenvalue weighted by Crippen LogP contribution is 2.48. The van der Waals surface area contributed by atoms with Crippen molar-refractivity contribution in [1.29, 1.82) is 0 Å². The van der Waals surface area contributed by atoms with E-state index < -0.39 is 0 Å². The Morgan fingerprint density at radius 2 is 2.19 bits per heavy atom. The summed E-state index contributed by atoms with van der Waals surface area (Å²) in [5.41, 5.74) is 3.71. The van der Waals surface area contributed by atoms with Crippen LogP contribution in [0.5, 0.6) is 0 Å². The highest BCUT2D eigenvalue weighted by Gasteiger charge is 2.43. The Labute approximate surface area is 125 Å². The first-order valence-electron chi connectivity index (χ1n) is 7.40. The molecule has 5 nitrogen and oxygen atoms in total. The van der Waals surface area contributed by atoms with Crippen molar-refractivity contribution >= 4 is 0 Å². The van der Waals surface area contributed by atoms with Crippen molar-refractivity contribution < 1.29 is 4.74 Å². The van der Waals surface area contributed by atoms with Crippen molar-refractivity contribution in [1.82, 2.24) is 20.1 Å². The smallest absolute Gasteiger partial charge is 0.0885 e. The van der Waals surface area contributed by atoms with Gasteiger partial charge in [-0.15, -0.1) is 0 Å². The fourth-order valence-electron chi connectivity index (χ4n) is 2.75.